The molecule has 1 aromatic heterocycles. The number of ether oxygens (including phenoxy) is 1. The van der Waals surface area contributed by atoms with E-state index in [9.17, 15) is 14.4 Å². The lowest BCUT2D eigenvalue weighted by Gasteiger charge is -2.55. The molecule has 6 heteroatoms. The molecule has 0 saturated heterocycles. The summed E-state index contributed by atoms with van der Waals surface area (Å²) in [6.07, 6.45) is 9.38. The van der Waals surface area contributed by atoms with Gasteiger partial charge in [0.1, 0.15) is 0 Å². The van der Waals surface area contributed by atoms with Crippen LogP contribution in [-0.2, 0) is 14.3 Å². The SMILES string of the molecule is Cc1cc(C(=O)COC(=O)CCNC(=O)C23CC4CC(CC(C4)C2)C3)c(C)n1C1CC1. The maximum atomic E-state index is 12.9. The fourth-order valence-corrected chi connectivity index (χ4v) is 7.10. The Balaban J connectivity index is 1.08. The fourth-order valence-electron chi connectivity index (χ4n) is 7.10. The van der Waals surface area contributed by atoms with Crippen LogP contribution in [0.25, 0.3) is 0 Å². The number of aromatic nitrogens is 1. The van der Waals surface area contributed by atoms with Crippen LogP contribution in [0.3, 0.4) is 0 Å². The average molecular weight is 427 g/mol. The molecule has 0 radical (unpaired) electrons. The highest BCUT2D eigenvalue weighted by atomic mass is 16.5. The lowest BCUT2D eigenvalue weighted by molar-refractivity contribution is -0.147. The third kappa shape index (κ3) is 3.94. The molecule has 1 heterocycles. The normalized spacial score (nSPS) is 31.0. The van der Waals surface area contributed by atoms with Gasteiger partial charge in [-0.3, -0.25) is 14.4 Å². The van der Waals surface area contributed by atoms with Gasteiger partial charge in [0, 0.05) is 35.0 Å². The van der Waals surface area contributed by atoms with Gasteiger partial charge >= 0.3 is 5.97 Å². The molecular formula is C25H34N2O4. The van der Waals surface area contributed by atoms with E-state index in [1.165, 1.54) is 19.3 Å². The Labute approximate surface area is 184 Å². The molecule has 5 aliphatic carbocycles. The van der Waals surface area contributed by atoms with E-state index in [1.54, 1.807) is 0 Å². The molecule has 1 amide bonds. The smallest absolute Gasteiger partial charge is 0.308 e. The second kappa shape index (κ2) is 7.79. The monoisotopic (exact) mass is 426 g/mol. The minimum Gasteiger partial charge on any atom is -0.457 e. The first-order valence-corrected chi connectivity index (χ1v) is 12.0. The highest BCUT2D eigenvalue weighted by molar-refractivity contribution is 5.99. The molecule has 0 unspecified atom stereocenters. The van der Waals surface area contributed by atoms with Crippen LogP contribution in [-0.4, -0.2) is 35.4 Å². The van der Waals surface area contributed by atoms with Crippen molar-refractivity contribution in [2.45, 2.75) is 77.7 Å². The van der Waals surface area contributed by atoms with E-state index in [0.717, 1.165) is 61.2 Å². The van der Waals surface area contributed by atoms with Crippen LogP contribution in [0.5, 0.6) is 0 Å². The van der Waals surface area contributed by atoms with Crippen LogP contribution in [0.1, 0.15) is 85.6 Å². The first-order valence-electron chi connectivity index (χ1n) is 12.0. The zero-order valence-electron chi connectivity index (χ0n) is 18.7. The maximum absolute atomic E-state index is 12.9. The molecule has 5 saturated carbocycles. The topological polar surface area (TPSA) is 77.4 Å². The summed E-state index contributed by atoms with van der Waals surface area (Å²) in [6, 6.07) is 2.41. The van der Waals surface area contributed by atoms with Crippen LogP contribution in [0.15, 0.2) is 6.07 Å². The van der Waals surface area contributed by atoms with E-state index in [2.05, 4.69) is 9.88 Å². The first kappa shape index (κ1) is 20.8. The average Bonchev–Trinajstić information content (AvgIpc) is 3.49. The molecule has 4 bridgehead atoms. The zero-order chi connectivity index (χ0) is 21.8. The highest BCUT2D eigenvalue weighted by Crippen LogP contribution is 2.60. The molecule has 31 heavy (non-hydrogen) atoms. The molecule has 5 aliphatic rings. The zero-order valence-corrected chi connectivity index (χ0v) is 18.7. The van der Waals surface area contributed by atoms with Gasteiger partial charge < -0.3 is 14.6 Å². The molecule has 0 aromatic carbocycles. The standard InChI is InChI=1S/C25H34N2O4/c1-15-7-21(16(2)27(15)20-3-4-20)22(28)14-31-23(29)5-6-26-24(30)25-11-17-8-18(12-25)10-19(9-17)13-25/h7,17-20H,3-6,8-14H2,1-2H3,(H,26,30). The molecular weight excluding hydrogens is 392 g/mol. The minimum atomic E-state index is -0.435. The number of esters is 1. The predicted molar refractivity (Wildman–Crippen MR) is 116 cm³/mol. The van der Waals surface area contributed by atoms with Gasteiger partial charge in [-0.25, -0.2) is 0 Å². The summed E-state index contributed by atoms with van der Waals surface area (Å²) in [5.41, 5.74) is 2.50. The van der Waals surface area contributed by atoms with Crippen molar-refractivity contribution in [1.82, 2.24) is 9.88 Å². The van der Waals surface area contributed by atoms with Crippen molar-refractivity contribution >= 4 is 17.7 Å². The quantitative estimate of drug-likeness (QED) is 0.505. The van der Waals surface area contributed by atoms with Gasteiger partial charge in [-0.15, -0.1) is 0 Å². The Morgan fingerprint density at radius 3 is 2.26 bits per heavy atom. The number of nitrogens with one attached hydrogen (secondary N) is 1. The second-order valence-electron chi connectivity index (χ2n) is 10.7. The van der Waals surface area contributed by atoms with Crippen molar-refractivity contribution in [3.8, 4) is 0 Å². The molecule has 0 spiro atoms. The van der Waals surface area contributed by atoms with Gasteiger partial charge in [0.05, 0.1) is 6.42 Å². The van der Waals surface area contributed by atoms with Gasteiger partial charge in [-0.2, -0.15) is 0 Å². The Hall–Kier alpha value is -2.11. The van der Waals surface area contributed by atoms with Crippen molar-refractivity contribution in [2.24, 2.45) is 23.2 Å². The number of nitrogens with zero attached hydrogens (tertiary/aromatic N) is 1. The van der Waals surface area contributed by atoms with Crippen LogP contribution in [0.4, 0.5) is 0 Å². The van der Waals surface area contributed by atoms with Crippen LogP contribution < -0.4 is 5.32 Å². The number of aryl methyl sites for hydroxylation is 1. The van der Waals surface area contributed by atoms with Crippen molar-refractivity contribution in [1.29, 1.82) is 0 Å². The number of rotatable bonds is 8. The van der Waals surface area contributed by atoms with E-state index in [0.29, 0.717) is 11.6 Å². The number of ketones is 1. The molecule has 1 aromatic rings. The number of hydrogen-bond donors (Lipinski definition) is 1. The largest absolute Gasteiger partial charge is 0.457 e. The third-order valence-corrected chi connectivity index (χ3v) is 8.20. The van der Waals surface area contributed by atoms with Crippen molar-refractivity contribution in [2.75, 3.05) is 13.2 Å². The second-order valence-corrected chi connectivity index (χ2v) is 10.7. The maximum Gasteiger partial charge on any atom is 0.308 e. The Morgan fingerprint density at radius 2 is 1.68 bits per heavy atom. The number of hydrogen-bond acceptors (Lipinski definition) is 4. The van der Waals surface area contributed by atoms with Gasteiger partial charge in [-0.05, 0) is 89.0 Å². The molecule has 0 aliphatic heterocycles. The molecule has 6 nitrogen and oxygen atoms in total. The summed E-state index contributed by atoms with van der Waals surface area (Å²) in [6.45, 7) is 4.02. The lowest BCUT2D eigenvalue weighted by atomic mass is 9.49. The summed E-state index contributed by atoms with van der Waals surface area (Å²) >= 11 is 0. The van der Waals surface area contributed by atoms with E-state index in [-0.39, 0.29) is 36.7 Å². The first-order chi connectivity index (χ1) is 14.8. The summed E-state index contributed by atoms with van der Waals surface area (Å²) in [5.74, 6) is 1.68. The van der Waals surface area contributed by atoms with E-state index in [1.807, 2.05) is 19.9 Å². The van der Waals surface area contributed by atoms with E-state index < -0.39 is 5.97 Å². The molecule has 168 valence electrons. The van der Waals surface area contributed by atoms with E-state index in [4.69, 9.17) is 4.74 Å². The van der Waals surface area contributed by atoms with E-state index >= 15 is 0 Å². The molecule has 1 N–H and O–H groups in total. The fraction of sp³-hybridized carbons (Fsp3) is 0.720. The summed E-state index contributed by atoms with van der Waals surface area (Å²) in [4.78, 5) is 37.7. The van der Waals surface area contributed by atoms with Gasteiger partial charge in [0.2, 0.25) is 11.7 Å². The van der Waals surface area contributed by atoms with Gasteiger partial charge in [-0.1, -0.05) is 0 Å². The van der Waals surface area contributed by atoms with Crippen molar-refractivity contribution < 1.29 is 19.1 Å². The Bertz CT molecular complexity index is 876. The third-order valence-electron chi connectivity index (χ3n) is 8.20. The van der Waals surface area contributed by atoms with Crippen molar-refractivity contribution in [3.63, 3.8) is 0 Å². The lowest BCUT2D eigenvalue weighted by Crippen LogP contribution is -2.53. The predicted octanol–water partition coefficient (Wildman–Crippen LogP) is 3.89. The highest BCUT2D eigenvalue weighted by Gasteiger charge is 2.54. The summed E-state index contributed by atoms with van der Waals surface area (Å²) in [5, 5.41) is 3.00. The van der Waals surface area contributed by atoms with Crippen LogP contribution in [0.2, 0.25) is 0 Å². The van der Waals surface area contributed by atoms with Gasteiger partial charge in [0.25, 0.3) is 0 Å². The van der Waals surface area contributed by atoms with Crippen LogP contribution in [0, 0.1) is 37.0 Å². The molecule has 0 atom stereocenters. The van der Waals surface area contributed by atoms with Crippen molar-refractivity contribution in [3.05, 3.63) is 23.0 Å². The number of Topliss-reactive ketones (excluding diaryl/α,β-unsaturated/α-hetero) is 1. The Morgan fingerprint density at radius 1 is 1.06 bits per heavy atom. The summed E-state index contributed by atoms with van der Waals surface area (Å²) < 4.78 is 7.44. The number of carbonyl (C=O) groups excluding carboxylic acids is 3. The molecule has 6 rings (SSSR count). The van der Waals surface area contributed by atoms with Crippen LogP contribution >= 0.6 is 0 Å². The molecule has 5 fully saturated rings. The Kier molecular flexibility index (Phi) is 5.22. The number of amides is 1. The summed E-state index contributed by atoms with van der Waals surface area (Å²) in [7, 11) is 0. The van der Waals surface area contributed by atoms with Gasteiger partial charge in [0.15, 0.2) is 6.61 Å². The minimum absolute atomic E-state index is 0.104. The number of carbonyl (C=O) groups is 3.